The number of imide groups is 1. The van der Waals surface area contributed by atoms with Crippen LogP contribution in [0.5, 0.6) is 0 Å². The molecule has 0 saturated carbocycles. The van der Waals surface area contributed by atoms with Crippen LogP contribution in [0.4, 0.5) is 11.5 Å². The number of carbonyl (C=O) groups is 6. The van der Waals surface area contributed by atoms with E-state index in [0.29, 0.717) is 62.3 Å². The molecule has 0 aliphatic carbocycles. The molecule has 350 valence electrons. The van der Waals surface area contributed by atoms with Crippen LogP contribution in [0.25, 0.3) is 6.08 Å². The Kier molecular flexibility index (Phi) is 15.7. The molecule has 6 amide bonds. The highest BCUT2D eigenvalue weighted by molar-refractivity contribution is 6.06. The molecule has 8 rings (SSSR count). The average molecular weight is 903 g/mol. The molecule has 5 aliphatic rings. The molecule has 66 heavy (non-hydrogen) atoms. The second-order valence-corrected chi connectivity index (χ2v) is 17.9. The Balaban J connectivity index is 0.671. The second kappa shape index (κ2) is 22.3. The van der Waals surface area contributed by atoms with Crippen molar-refractivity contribution in [2.24, 2.45) is 5.92 Å². The number of nitrogens with one attached hydrogen (secondary N) is 3. The third-order valence-electron chi connectivity index (χ3n) is 13.7. The van der Waals surface area contributed by atoms with E-state index in [1.807, 2.05) is 40.1 Å². The quantitative estimate of drug-likeness (QED) is 0.102. The molecular weight excluding hydrogens is 841 g/mol. The first-order chi connectivity index (χ1) is 32.2. The molecular formula is C49H62N10O7. The minimum atomic E-state index is -0.668. The van der Waals surface area contributed by atoms with Crippen molar-refractivity contribution in [3.63, 3.8) is 0 Å². The van der Waals surface area contributed by atoms with E-state index in [4.69, 9.17) is 9.72 Å². The van der Waals surface area contributed by atoms with E-state index in [-0.39, 0.29) is 49.1 Å². The van der Waals surface area contributed by atoms with Crippen molar-refractivity contribution in [2.45, 2.75) is 76.4 Å². The lowest BCUT2D eigenvalue weighted by Gasteiger charge is -2.43. The van der Waals surface area contributed by atoms with Crippen LogP contribution in [0.1, 0.15) is 89.6 Å². The topological polar surface area (TPSA) is 190 Å². The van der Waals surface area contributed by atoms with Gasteiger partial charge in [0.05, 0.1) is 12.2 Å². The van der Waals surface area contributed by atoms with E-state index in [1.54, 1.807) is 42.9 Å². The first-order valence-electron chi connectivity index (χ1n) is 23.7. The maximum Gasteiger partial charge on any atom is 0.255 e. The van der Waals surface area contributed by atoms with Gasteiger partial charge in [0.1, 0.15) is 18.5 Å². The van der Waals surface area contributed by atoms with Crippen LogP contribution in [-0.2, 0) is 30.5 Å². The van der Waals surface area contributed by atoms with Crippen molar-refractivity contribution < 1.29 is 33.5 Å². The largest absolute Gasteiger partial charge is 0.382 e. The number of hydrogen-bond acceptors (Lipinski definition) is 12. The van der Waals surface area contributed by atoms with Crippen molar-refractivity contribution in [1.82, 2.24) is 40.2 Å². The summed E-state index contributed by atoms with van der Waals surface area (Å²) in [6.45, 7) is 7.94. The summed E-state index contributed by atoms with van der Waals surface area (Å²) in [5.41, 5.74) is 3.66. The lowest BCUT2D eigenvalue weighted by atomic mass is 9.91. The molecule has 0 radical (unpaired) electrons. The van der Waals surface area contributed by atoms with Gasteiger partial charge >= 0.3 is 0 Å². The maximum atomic E-state index is 13.4. The van der Waals surface area contributed by atoms with Gasteiger partial charge in [-0.15, -0.1) is 0 Å². The smallest absolute Gasteiger partial charge is 0.255 e. The van der Waals surface area contributed by atoms with Crippen molar-refractivity contribution in [3.05, 3.63) is 89.4 Å². The van der Waals surface area contributed by atoms with E-state index in [1.165, 1.54) is 4.90 Å². The number of amides is 6. The number of nitrogens with zero attached hydrogens (tertiary/aromatic N) is 7. The van der Waals surface area contributed by atoms with Gasteiger partial charge in [0.15, 0.2) is 0 Å². The highest BCUT2D eigenvalue weighted by Crippen LogP contribution is 2.32. The van der Waals surface area contributed by atoms with Crippen molar-refractivity contribution in [3.8, 4) is 0 Å². The van der Waals surface area contributed by atoms with Crippen molar-refractivity contribution in [2.75, 3.05) is 88.9 Å². The Morgan fingerprint density at radius 2 is 1.65 bits per heavy atom. The number of carbonyl (C=O) groups excluding carboxylic acids is 6. The van der Waals surface area contributed by atoms with E-state index >= 15 is 0 Å². The summed E-state index contributed by atoms with van der Waals surface area (Å²) in [5, 5.41) is 8.62. The number of anilines is 2. The summed E-state index contributed by atoms with van der Waals surface area (Å²) >= 11 is 0. The normalized spacial score (nSPS) is 19.9. The van der Waals surface area contributed by atoms with Crippen LogP contribution in [0.2, 0.25) is 0 Å². The molecule has 3 aromatic rings. The Labute approximate surface area is 386 Å². The minimum Gasteiger partial charge on any atom is -0.382 e. The lowest BCUT2D eigenvalue weighted by molar-refractivity contribution is -0.138. The van der Waals surface area contributed by atoms with Gasteiger partial charge in [0.2, 0.25) is 23.6 Å². The Morgan fingerprint density at radius 3 is 2.39 bits per heavy atom. The van der Waals surface area contributed by atoms with E-state index in [9.17, 15) is 28.8 Å². The summed E-state index contributed by atoms with van der Waals surface area (Å²) in [7, 11) is 0. The monoisotopic (exact) mass is 902 g/mol. The molecule has 1 atom stereocenters. The Morgan fingerprint density at radius 1 is 0.833 bits per heavy atom. The molecule has 4 fully saturated rings. The number of fused-ring (bicyclic) bond motifs is 1. The summed E-state index contributed by atoms with van der Waals surface area (Å²) < 4.78 is 5.77. The first kappa shape index (κ1) is 46.3. The van der Waals surface area contributed by atoms with Crippen LogP contribution < -0.4 is 20.9 Å². The number of likely N-dealkylation sites (tertiary alicyclic amines) is 1. The number of pyridine rings is 2. The zero-order valence-corrected chi connectivity index (χ0v) is 37.7. The lowest BCUT2D eigenvalue weighted by Crippen LogP contribution is -2.55. The predicted molar refractivity (Wildman–Crippen MR) is 248 cm³/mol. The fourth-order valence-corrected chi connectivity index (χ4v) is 9.84. The van der Waals surface area contributed by atoms with Gasteiger partial charge in [-0.25, -0.2) is 4.98 Å². The number of rotatable bonds is 17. The van der Waals surface area contributed by atoms with E-state index < -0.39 is 11.9 Å². The van der Waals surface area contributed by atoms with Crippen LogP contribution in [0.3, 0.4) is 0 Å². The maximum absolute atomic E-state index is 13.4. The molecule has 7 heterocycles. The third-order valence-corrected chi connectivity index (χ3v) is 13.7. The van der Waals surface area contributed by atoms with Gasteiger partial charge in [-0.1, -0.05) is 25.0 Å². The summed E-state index contributed by atoms with van der Waals surface area (Å²) in [4.78, 5) is 94.6. The molecule has 4 saturated heterocycles. The van der Waals surface area contributed by atoms with Crippen LogP contribution in [0, 0.1) is 5.92 Å². The Bertz CT molecular complexity index is 2220. The number of benzene rings is 1. The molecule has 17 nitrogen and oxygen atoms in total. The third kappa shape index (κ3) is 11.8. The molecule has 5 aliphatic heterocycles. The molecule has 0 bridgehead atoms. The summed E-state index contributed by atoms with van der Waals surface area (Å²) in [6.07, 6.45) is 16.1. The molecule has 17 heteroatoms. The van der Waals surface area contributed by atoms with Crippen molar-refractivity contribution in [1.29, 1.82) is 0 Å². The number of aromatic nitrogens is 2. The standard InChI is InChI=1S/C49H62N10O7/c60-44(13-9-36-6-4-19-50-31-36)52-20-2-1-5-35-15-22-58(23-16-35)48(64)37-10-12-43(53-32-37)56-24-17-38(18-25-56)55-26-28-57(29-27-55)46(62)34-66-30-21-51-41-8-3-7-39-40(41)33-59(49(39)65)42-11-14-45(61)54-47(42)63/h3-4,6-10,12-13,19,31-32,35,38,42,51H,1-2,5,11,14-18,20-30,33-34H2,(H,52,60)(H,54,61,63)/b13-9+. The zero-order valence-electron chi connectivity index (χ0n) is 37.7. The molecule has 0 spiro atoms. The van der Waals surface area contributed by atoms with Crippen LogP contribution in [-0.4, -0.2) is 156 Å². The van der Waals surface area contributed by atoms with Gasteiger partial charge in [-0.3, -0.25) is 44.0 Å². The predicted octanol–water partition coefficient (Wildman–Crippen LogP) is 3.33. The van der Waals surface area contributed by atoms with Gasteiger partial charge in [0.25, 0.3) is 11.8 Å². The molecule has 2 aromatic heterocycles. The molecule has 3 N–H and O–H groups in total. The number of piperidine rings is 3. The fraction of sp³-hybridized carbons (Fsp3) is 0.510. The SMILES string of the molecule is O=C(/C=C/c1cccnc1)NCCCCC1CCN(C(=O)c2ccc(N3CCC(N4CCN(C(=O)COCCNc5cccc6c5CN(C5CCC(=O)NC5=O)C6=O)CC4)CC3)nc2)CC1. The summed E-state index contributed by atoms with van der Waals surface area (Å²) in [6, 6.07) is 12.9. The van der Waals surface area contributed by atoms with Crippen molar-refractivity contribution >= 4 is 53.0 Å². The van der Waals surface area contributed by atoms with E-state index in [2.05, 4.69) is 30.7 Å². The highest BCUT2D eigenvalue weighted by atomic mass is 16.5. The molecule has 1 unspecified atom stereocenters. The van der Waals surface area contributed by atoms with Crippen LogP contribution >= 0.6 is 0 Å². The van der Waals surface area contributed by atoms with Gasteiger partial charge in [-0.2, -0.15) is 0 Å². The first-order valence-corrected chi connectivity index (χ1v) is 23.7. The Hall–Kier alpha value is -6.20. The zero-order chi connectivity index (χ0) is 45.8. The number of unbranched alkanes of at least 4 members (excludes halogenated alkanes) is 1. The van der Waals surface area contributed by atoms with Gasteiger partial charge in [-0.05, 0) is 86.4 Å². The van der Waals surface area contributed by atoms with E-state index in [0.717, 1.165) is 107 Å². The second-order valence-electron chi connectivity index (χ2n) is 17.9. The highest BCUT2D eigenvalue weighted by Gasteiger charge is 2.40. The number of ether oxygens (including phenoxy) is 1. The fourth-order valence-electron chi connectivity index (χ4n) is 9.84. The number of piperazine rings is 1. The van der Waals surface area contributed by atoms with Crippen LogP contribution in [0.15, 0.2) is 67.1 Å². The minimum absolute atomic E-state index is 0.00277. The van der Waals surface area contributed by atoms with Gasteiger partial charge < -0.3 is 35.0 Å². The molecule has 1 aromatic carbocycles. The average Bonchev–Trinajstić information content (AvgIpc) is 3.69. The van der Waals surface area contributed by atoms with Gasteiger partial charge in [0, 0.05) is 126 Å². The number of hydrogen-bond donors (Lipinski definition) is 3. The summed E-state index contributed by atoms with van der Waals surface area (Å²) in [5.74, 6) is 0.447.